The topological polar surface area (TPSA) is 52.8 Å². The Morgan fingerprint density at radius 2 is 2.24 bits per heavy atom. The Bertz CT molecular complexity index is 673. The molecule has 0 saturated carbocycles. The molecule has 0 saturated heterocycles. The molecular weight excluding hydrogens is 236 g/mol. The van der Waals surface area contributed by atoms with Gasteiger partial charge in [0, 0.05) is 11.9 Å². The number of aryl methyl sites for hydroxylation is 2. The highest BCUT2D eigenvalue weighted by Crippen LogP contribution is 2.31. The minimum absolute atomic E-state index is 0.576. The molecule has 3 aromatic rings. The molecule has 0 aliphatic carbocycles. The van der Waals surface area contributed by atoms with E-state index in [1.54, 1.807) is 28.4 Å². The number of thiophene rings is 1. The van der Waals surface area contributed by atoms with Crippen LogP contribution in [-0.2, 0) is 7.05 Å². The smallest absolute Gasteiger partial charge is 0.231 e. The summed E-state index contributed by atoms with van der Waals surface area (Å²) in [6.45, 7) is 2.04. The molecule has 3 heterocycles. The van der Waals surface area contributed by atoms with Crippen LogP contribution in [0.4, 0.5) is 0 Å². The number of aromatic nitrogens is 4. The van der Waals surface area contributed by atoms with E-state index >= 15 is 0 Å². The molecule has 0 spiro atoms. The summed E-state index contributed by atoms with van der Waals surface area (Å²) in [4.78, 5) is 10.5. The van der Waals surface area contributed by atoms with Gasteiger partial charge in [-0.2, -0.15) is 5.10 Å². The molecular formula is C11H10N4OS. The molecule has 0 bridgehead atoms. The number of hydrogen-bond acceptors (Lipinski definition) is 5. The first-order valence-corrected chi connectivity index (χ1v) is 5.91. The van der Waals surface area contributed by atoms with Crippen LogP contribution >= 0.6 is 11.3 Å². The van der Waals surface area contributed by atoms with E-state index in [0.717, 1.165) is 10.2 Å². The van der Waals surface area contributed by atoms with Gasteiger partial charge in [0.1, 0.15) is 11.2 Å². The van der Waals surface area contributed by atoms with Crippen LogP contribution in [-0.4, -0.2) is 19.7 Å². The second-order valence-corrected chi connectivity index (χ2v) is 4.94. The second kappa shape index (κ2) is 3.81. The van der Waals surface area contributed by atoms with Crippen molar-refractivity contribution >= 4 is 21.6 Å². The molecule has 0 aliphatic rings. The van der Waals surface area contributed by atoms with Crippen molar-refractivity contribution in [3.8, 4) is 11.6 Å². The molecule has 0 radical (unpaired) electrons. The van der Waals surface area contributed by atoms with Crippen LogP contribution in [0.2, 0.25) is 0 Å². The van der Waals surface area contributed by atoms with Crippen molar-refractivity contribution in [2.45, 2.75) is 6.92 Å². The van der Waals surface area contributed by atoms with Gasteiger partial charge >= 0.3 is 0 Å². The standard InChI is InChI=1S/C11H10N4OS/c1-7-3-9-10(12-6-13-11(9)17-7)16-8-4-14-15(2)5-8/h3-6H,1-2H3. The maximum absolute atomic E-state index is 5.70. The van der Waals surface area contributed by atoms with Gasteiger partial charge in [0.25, 0.3) is 0 Å². The molecule has 0 aromatic carbocycles. The van der Waals surface area contributed by atoms with Crippen molar-refractivity contribution in [1.82, 2.24) is 19.7 Å². The van der Waals surface area contributed by atoms with Gasteiger partial charge < -0.3 is 4.74 Å². The quantitative estimate of drug-likeness (QED) is 0.697. The molecule has 3 rings (SSSR count). The van der Waals surface area contributed by atoms with Gasteiger partial charge in [0.15, 0.2) is 5.75 Å². The number of fused-ring (bicyclic) bond motifs is 1. The van der Waals surface area contributed by atoms with Crippen LogP contribution in [0.5, 0.6) is 11.6 Å². The summed E-state index contributed by atoms with van der Waals surface area (Å²) in [6, 6.07) is 2.03. The van der Waals surface area contributed by atoms with Crippen LogP contribution in [0.1, 0.15) is 4.88 Å². The van der Waals surface area contributed by atoms with E-state index < -0.39 is 0 Å². The van der Waals surface area contributed by atoms with Crippen LogP contribution in [0, 0.1) is 6.92 Å². The predicted octanol–water partition coefficient (Wildman–Crippen LogP) is 2.53. The fourth-order valence-corrected chi connectivity index (χ4v) is 2.44. The lowest BCUT2D eigenvalue weighted by molar-refractivity contribution is 0.467. The molecule has 0 amide bonds. The summed E-state index contributed by atoms with van der Waals surface area (Å²) < 4.78 is 7.39. The second-order valence-electron chi connectivity index (χ2n) is 3.71. The predicted molar refractivity (Wildman–Crippen MR) is 65.4 cm³/mol. The average molecular weight is 246 g/mol. The molecule has 0 unspecified atom stereocenters. The fourth-order valence-electron chi connectivity index (χ4n) is 1.60. The maximum Gasteiger partial charge on any atom is 0.231 e. The van der Waals surface area contributed by atoms with Gasteiger partial charge in [-0.25, -0.2) is 9.97 Å². The van der Waals surface area contributed by atoms with Crippen LogP contribution in [0.3, 0.4) is 0 Å². The maximum atomic E-state index is 5.70. The van der Waals surface area contributed by atoms with Gasteiger partial charge in [-0.05, 0) is 13.0 Å². The van der Waals surface area contributed by atoms with E-state index in [2.05, 4.69) is 15.1 Å². The largest absolute Gasteiger partial charge is 0.435 e. The molecule has 6 heteroatoms. The summed E-state index contributed by atoms with van der Waals surface area (Å²) in [5.41, 5.74) is 0. The Balaban J connectivity index is 2.05. The SMILES string of the molecule is Cc1cc2c(Oc3cnn(C)c3)ncnc2s1. The molecule has 86 valence electrons. The van der Waals surface area contributed by atoms with E-state index in [0.29, 0.717) is 11.6 Å². The lowest BCUT2D eigenvalue weighted by Gasteiger charge is -2.01. The van der Waals surface area contributed by atoms with Crippen molar-refractivity contribution in [3.05, 3.63) is 29.7 Å². The first-order valence-electron chi connectivity index (χ1n) is 5.10. The number of ether oxygens (including phenoxy) is 1. The zero-order chi connectivity index (χ0) is 11.8. The van der Waals surface area contributed by atoms with Crippen molar-refractivity contribution < 1.29 is 4.74 Å². The van der Waals surface area contributed by atoms with Gasteiger partial charge in [-0.15, -0.1) is 11.3 Å². The number of hydrogen-bond donors (Lipinski definition) is 0. The first-order chi connectivity index (χ1) is 8.22. The zero-order valence-electron chi connectivity index (χ0n) is 9.41. The third kappa shape index (κ3) is 1.87. The fraction of sp³-hybridized carbons (Fsp3) is 0.182. The molecule has 0 fully saturated rings. The Labute approximate surface area is 102 Å². The van der Waals surface area contributed by atoms with Crippen LogP contribution < -0.4 is 4.74 Å². The third-order valence-electron chi connectivity index (χ3n) is 2.31. The van der Waals surface area contributed by atoms with E-state index in [4.69, 9.17) is 4.74 Å². The van der Waals surface area contributed by atoms with Gasteiger partial charge in [0.2, 0.25) is 5.88 Å². The van der Waals surface area contributed by atoms with E-state index in [1.165, 1.54) is 11.2 Å². The molecule has 17 heavy (non-hydrogen) atoms. The van der Waals surface area contributed by atoms with Gasteiger partial charge in [0.05, 0.1) is 17.8 Å². The molecule has 0 aliphatic heterocycles. The van der Waals surface area contributed by atoms with Gasteiger partial charge in [-0.3, -0.25) is 4.68 Å². The Morgan fingerprint density at radius 3 is 3.00 bits per heavy atom. The van der Waals surface area contributed by atoms with Crippen molar-refractivity contribution in [2.75, 3.05) is 0 Å². The van der Waals surface area contributed by atoms with Crippen molar-refractivity contribution in [2.24, 2.45) is 7.05 Å². The van der Waals surface area contributed by atoms with Crippen LogP contribution in [0.15, 0.2) is 24.8 Å². The highest BCUT2D eigenvalue weighted by atomic mass is 32.1. The first kappa shape index (κ1) is 10.2. The summed E-state index contributed by atoms with van der Waals surface area (Å²) in [7, 11) is 1.84. The number of nitrogens with zero attached hydrogens (tertiary/aromatic N) is 4. The normalized spacial score (nSPS) is 10.9. The summed E-state index contributed by atoms with van der Waals surface area (Å²) in [5.74, 6) is 1.25. The molecule has 5 nitrogen and oxygen atoms in total. The number of rotatable bonds is 2. The summed E-state index contributed by atoms with van der Waals surface area (Å²) in [6.07, 6.45) is 4.98. The lowest BCUT2D eigenvalue weighted by atomic mass is 10.3. The molecule has 0 atom stereocenters. The van der Waals surface area contributed by atoms with E-state index in [-0.39, 0.29) is 0 Å². The van der Waals surface area contributed by atoms with E-state index in [1.807, 2.05) is 20.0 Å². The monoisotopic (exact) mass is 246 g/mol. The minimum atomic E-state index is 0.576. The Morgan fingerprint density at radius 1 is 1.35 bits per heavy atom. The lowest BCUT2D eigenvalue weighted by Crippen LogP contribution is -1.88. The highest BCUT2D eigenvalue weighted by Gasteiger charge is 2.09. The minimum Gasteiger partial charge on any atom is -0.435 e. The van der Waals surface area contributed by atoms with Crippen LogP contribution in [0.25, 0.3) is 10.2 Å². The Hall–Kier alpha value is -1.95. The summed E-state index contributed by atoms with van der Waals surface area (Å²) in [5, 5.41) is 4.99. The summed E-state index contributed by atoms with van der Waals surface area (Å²) >= 11 is 1.63. The van der Waals surface area contributed by atoms with Crippen molar-refractivity contribution in [1.29, 1.82) is 0 Å². The van der Waals surface area contributed by atoms with E-state index in [9.17, 15) is 0 Å². The van der Waals surface area contributed by atoms with Gasteiger partial charge in [-0.1, -0.05) is 0 Å². The Kier molecular flexibility index (Phi) is 2.29. The molecule has 3 aromatic heterocycles. The zero-order valence-corrected chi connectivity index (χ0v) is 10.2. The highest BCUT2D eigenvalue weighted by molar-refractivity contribution is 7.18. The van der Waals surface area contributed by atoms with Crippen molar-refractivity contribution in [3.63, 3.8) is 0 Å². The third-order valence-corrected chi connectivity index (χ3v) is 3.27. The average Bonchev–Trinajstić information content (AvgIpc) is 2.84. The molecule has 0 N–H and O–H groups in total.